The molecule has 1 rings (SSSR count). The van der Waals surface area contributed by atoms with Crippen molar-refractivity contribution in [1.82, 2.24) is 0 Å². The minimum Gasteiger partial charge on any atom is -0.465 e. The lowest BCUT2D eigenvalue weighted by atomic mass is 10.1. The fraction of sp³-hybridized carbons (Fsp3) is 0.250. The number of hydrogen-bond acceptors (Lipinski definition) is 4. The minimum absolute atomic E-state index is 0.135. The first-order chi connectivity index (χ1) is 8.19. The number of ether oxygens (including phenoxy) is 1. The molecule has 0 unspecified atom stereocenters. The van der Waals surface area contributed by atoms with E-state index in [2.05, 4.69) is 10.1 Å². The smallest absolute Gasteiger partial charge is 0.333 e. The zero-order valence-electron chi connectivity index (χ0n) is 9.34. The average molecular weight is 232 g/mol. The lowest BCUT2D eigenvalue weighted by Gasteiger charge is -2.09. The maximum absolute atomic E-state index is 11.6. The molecule has 0 aliphatic rings. The zero-order chi connectivity index (χ0) is 12.7. The molecule has 1 amide bonds. The molecule has 1 N–H and O–H groups in total. The van der Waals surface area contributed by atoms with Gasteiger partial charge in [0, 0.05) is 5.69 Å². The van der Waals surface area contributed by atoms with E-state index in [4.69, 9.17) is 5.26 Å². The predicted molar refractivity (Wildman–Crippen MR) is 60.8 cm³/mol. The van der Waals surface area contributed by atoms with Crippen LogP contribution in [-0.4, -0.2) is 18.5 Å². The molecule has 0 aliphatic heterocycles. The molecule has 0 bridgehead atoms. The van der Waals surface area contributed by atoms with Crippen LogP contribution in [0, 0.1) is 17.2 Å². The summed E-state index contributed by atoms with van der Waals surface area (Å²) < 4.78 is 4.63. The van der Waals surface area contributed by atoms with Crippen LogP contribution in [0.3, 0.4) is 0 Å². The van der Waals surface area contributed by atoms with E-state index >= 15 is 0 Å². The lowest BCUT2D eigenvalue weighted by Crippen LogP contribution is -2.30. The van der Waals surface area contributed by atoms with Crippen LogP contribution >= 0.6 is 0 Å². The van der Waals surface area contributed by atoms with E-state index in [1.807, 2.05) is 0 Å². The second kappa shape index (κ2) is 6.28. The van der Waals surface area contributed by atoms with E-state index in [1.165, 1.54) is 0 Å². The third-order valence-electron chi connectivity index (χ3n) is 1.95. The molecule has 0 aromatic heterocycles. The van der Waals surface area contributed by atoms with Crippen molar-refractivity contribution in [3.05, 3.63) is 30.3 Å². The monoisotopic (exact) mass is 232 g/mol. The van der Waals surface area contributed by atoms with Gasteiger partial charge in [0.15, 0.2) is 0 Å². The highest BCUT2D eigenvalue weighted by Gasteiger charge is 2.27. The molecule has 1 atom stereocenters. The third kappa shape index (κ3) is 3.61. The Balaban J connectivity index is 2.69. The van der Waals surface area contributed by atoms with Gasteiger partial charge in [0.05, 0.1) is 12.7 Å². The van der Waals surface area contributed by atoms with E-state index in [0.29, 0.717) is 5.69 Å². The van der Waals surface area contributed by atoms with Crippen molar-refractivity contribution in [2.24, 2.45) is 5.92 Å². The number of nitrogens with zero attached hydrogens (tertiary/aromatic N) is 1. The van der Waals surface area contributed by atoms with Crippen LogP contribution in [0.1, 0.15) is 6.92 Å². The Bertz CT molecular complexity index is 437. The Morgan fingerprint density at radius 1 is 1.41 bits per heavy atom. The molecule has 0 heterocycles. The molecule has 0 radical (unpaired) electrons. The van der Waals surface area contributed by atoms with Crippen molar-refractivity contribution in [2.75, 3.05) is 11.9 Å². The predicted octanol–water partition coefficient (Wildman–Crippen LogP) is 1.33. The number of benzene rings is 1. The molecule has 5 heteroatoms. The molecule has 1 aromatic carbocycles. The van der Waals surface area contributed by atoms with Gasteiger partial charge in [-0.25, -0.2) is 0 Å². The van der Waals surface area contributed by atoms with Crippen molar-refractivity contribution in [3.63, 3.8) is 0 Å². The molecule has 0 spiro atoms. The summed E-state index contributed by atoms with van der Waals surface area (Å²) in [4.78, 5) is 22.9. The van der Waals surface area contributed by atoms with Gasteiger partial charge in [-0.2, -0.15) is 5.26 Å². The molecule has 5 nitrogen and oxygen atoms in total. The van der Waals surface area contributed by atoms with E-state index in [-0.39, 0.29) is 6.61 Å². The maximum Gasteiger partial charge on any atom is 0.333 e. The quantitative estimate of drug-likeness (QED) is 0.627. The largest absolute Gasteiger partial charge is 0.465 e. The summed E-state index contributed by atoms with van der Waals surface area (Å²) in [6.45, 7) is 1.75. The summed E-state index contributed by atoms with van der Waals surface area (Å²) in [7, 11) is 0. The fourth-order valence-electron chi connectivity index (χ4n) is 1.18. The summed E-state index contributed by atoms with van der Waals surface area (Å²) in [6.07, 6.45) is 0. The Labute approximate surface area is 99.0 Å². The highest BCUT2D eigenvalue weighted by atomic mass is 16.5. The summed E-state index contributed by atoms with van der Waals surface area (Å²) in [5, 5.41) is 11.2. The van der Waals surface area contributed by atoms with Gasteiger partial charge in [-0.05, 0) is 19.1 Å². The summed E-state index contributed by atoms with van der Waals surface area (Å²) in [5.74, 6) is -2.95. The van der Waals surface area contributed by atoms with E-state index in [1.54, 1.807) is 43.3 Å². The van der Waals surface area contributed by atoms with E-state index in [0.717, 1.165) is 0 Å². The van der Waals surface area contributed by atoms with Gasteiger partial charge in [0.1, 0.15) is 0 Å². The van der Waals surface area contributed by atoms with Gasteiger partial charge in [-0.3, -0.25) is 9.59 Å². The topological polar surface area (TPSA) is 79.2 Å². The highest BCUT2D eigenvalue weighted by Crippen LogP contribution is 2.08. The number of para-hydroxylation sites is 1. The number of nitriles is 1. The standard InChI is InChI=1S/C12H12N2O3/c1-2-17-12(16)10(8-13)11(15)14-9-6-4-3-5-7-9/h3-7,10H,2H2,1H3,(H,14,15)/t10-/m1/s1. The number of rotatable bonds is 4. The summed E-state index contributed by atoms with van der Waals surface area (Å²) in [6, 6.07) is 10.2. The molecule has 0 aliphatic carbocycles. The molecule has 0 saturated carbocycles. The van der Waals surface area contributed by atoms with Crippen LogP contribution in [0.2, 0.25) is 0 Å². The zero-order valence-corrected chi connectivity index (χ0v) is 9.34. The normalized spacial score (nSPS) is 11.1. The van der Waals surface area contributed by atoms with Gasteiger partial charge in [-0.1, -0.05) is 18.2 Å². The molecule has 88 valence electrons. The number of nitrogens with one attached hydrogen (secondary N) is 1. The second-order valence-electron chi connectivity index (χ2n) is 3.17. The van der Waals surface area contributed by atoms with Crippen molar-refractivity contribution in [2.45, 2.75) is 6.92 Å². The molecule has 17 heavy (non-hydrogen) atoms. The highest BCUT2D eigenvalue weighted by molar-refractivity contribution is 6.06. The number of carbonyl (C=O) groups excluding carboxylic acids is 2. The maximum atomic E-state index is 11.6. The first-order valence-electron chi connectivity index (χ1n) is 5.11. The van der Waals surface area contributed by atoms with Gasteiger partial charge in [0.2, 0.25) is 5.92 Å². The Hall–Kier alpha value is -2.35. The van der Waals surface area contributed by atoms with Crippen molar-refractivity contribution in [3.8, 4) is 6.07 Å². The Kier molecular flexibility index (Phi) is 4.70. The van der Waals surface area contributed by atoms with Crippen LogP contribution in [-0.2, 0) is 14.3 Å². The molecule has 0 fully saturated rings. The van der Waals surface area contributed by atoms with Gasteiger partial charge in [-0.15, -0.1) is 0 Å². The van der Waals surface area contributed by atoms with Crippen molar-refractivity contribution >= 4 is 17.6 Å². The van der Waals surface area contributed by atoms with Crippen molar-refractivity contribution < 1.29 is 14.3 Å². The van der Waals surface area contributed by atoms with Crippen LogP contribution in [0.15, 0.2) is 30.3 Å². The molecule has 0 saturated heterocycles. The Morgan fingerprint density at radius 3 is 2.59 bits per heavy atom. The molecule has 1 aromatic rings. The van der Waals surface area contributed by atoms with Gasteiger partial charge in [0.25, 0.3) is 5.91 Å². The lowest BCUT2D eigenvalue weighted by molar-refractivity contribution is -0.148. The van der Waals surface area contributed by atoms with E-state index < -0.39 is 17.8 Å². The van der Waals surface area contributed by atoms with Crippen LogP contribution in [0.5, 0.6) is 0 Å². The second-order valence-corrected chi connectivity index (χ2v) is 3.17. The minimum atomic E-state index is -1.44. The van der Waals surface area contributed by atoms with E-state index in [9.17, 15) is 9.59 Å². The third-order valence-corrected chi connectivity index (χ3v) is 1.95. The summed E-state index contributed by atoms with van der Waals surface area (Å²) >= 11 is 0. The number of anilines is 1. The Morgan fingerprint density at radius 2 is 2.06 bits per heavy atom. The first-order valence-corrected chi connectivity index (χ1v) is 5.11. The van der Waals surface area contributed by atoms with Gasteiger partial charge >= 0.3 is 5.97 Å². The van der Waals surface area contributed by atoms with Gasteiger partial charge < -0.3 is 10.1 Å². The number of amides is 1. The van der Waals surface area contributed by atoms with Crippen LogP contribution in [0.4, 0.5) is 5.69 Å². The average Bonchev–Trinajstić information content (AvgIpc) is 2.31. The number of esters is 1. The van der Waals surface area contributed by atoms with Crippen LogP contribution < -0.4 is 5.32 Å². The number of hydrogen-bond donors (Lipinski definition) is 1. The van der Waals surface area contributed by atoms with Crippen LogP contribution in [0.25, 0.3) is 0 Å². The first kappa shape index (κ1) is 12.7. The number of carbonyl (C=O) groups is 2. The van der Waals surface area contributed by atoms with Crippen molar-refractivity contribution in [1.29, 1.82) is 5.26 Å². The summed E-state index contributed by atoms with van der Waals surface area (Å²) in [5.41, 5.74) is 0.530. The molecular formula is C12H12N2O3. The SMILES string of the molecule is CCOC(=O)[C@H](C#N)C(=O)Nc1ccccc1. The fourth-order valence-corrected chi connectivity index (χ4v) is 1.18. The molecular weight excluding hydrogens is 220 g/mol.